The van der Waals surface area contributed by atoms with Gasteiger partial charge in [0, 0.05) is 6.54 Å². The maximum absolute atomic E-state index is 12.4. The average Bonchev–Trinajstić information content (AvgIpc) is 2.56. The minimum absolute atomic E-state index is 0.135. The van der Waals surface area contributed by atoms with Gasteiger partial charge < -0.3 is 4.74 Å². The Balaban J connectivity index is 1.98. The van der Waals surface area contributed by atoms with E-state index in [-0.39, 0.29) is 24.5 Å². The number of para-hydroxylation sites is 1. The van der Waals surface area contributed by atoms with E-state index >= 15 is 0 Å². The second-order valence-corrected chi connectivity index (χ2v) is 5.09. The molecule has 0 aliphatic carbocycles. The van der Waals surface area contributed by atoms with Crippen molar-refractivity contribution in [3.63, 3.8) is 0 Å². The van der Waals surface area contributed by atoms with Crippen LogP contribution in [0.15, 0.2) is 29.1 Å². The third-order valence-electron chi connectivity index (χ3n) is 3.23. The third kappa shape index (κ3) is 5.18. The van der Waals surface area contributed by atoms with Crippen LogP contribution in [0.25, 0.3) is 10.9 Å². The van der Waals surface area contributed by atoms with Gasteiger partial charge in [-0.1, -0.05) is 12.1 Å². The van der Waals surface area contributed by atoms with Crippen LogP contribution in [-0.2, 0) is 16.1 Å². The highest BCUT2D eigenvalue weighted by molar-refractivity contribution is 5.80. The van der Waals surface area contributed by atoms with Crippen LogP contribution in [0.4, 0.5) is 19.1 Å². The first kappa shape index (κ1) is 18.7. The highest BCUT2D eigenvalue weighted by atomic mass is 19.4. The van der Waals surface area contributed by atoms with E-state index < -0.39 is 18.7 Å². The van der Waals surface area contributed by atoms with E-state index in [1.807, 2.05) is 0 Å². The second-order valence-electron chi connectivity index (χ2n) is 5.09. The number of hydrogen-bond donors (Lipinski definition) is 2. The van der Waals surface area contributed by atoms with Gasteiger partial charge in [0.15, 0.2) is 0 Å². The lowest BCUT2D eigenvalue weighted by molar-refractivity contribution is -0.174. The Morgan fingerprint density at radius 1 is 1.32 bits per heavy atom. The number of benzene rings is 1. The lowest BCUT2D eigenvalue weighted by Crippen LogP contribution is -2.35. The molecule has 136 valence electrons. The molecule has 0 spiro atoms. The summed E-state index contributed by atoms with van der Waals surface area (Å²) < 4.78 is 41.5. The number of rotatable bonds is 7. The van der Waals surface area contributed by atoms with Crippen molar-refractivity contribution in [3.8, 4) is 0 Å². The van der Waals surface area contributed by atoms with Crippen LogP contribution in [-0.4, -0.2) is 34.8 Å². The summed E-state index contributed by atoms with van der Waals surface area (Å²) in [6.07, 6.45) is -4.70. The lowest BCUT2D eigenvalue weighted by atomic mass is 10.2. The summed E-state index contributed by atoms with van der Waals surface area (Å²) in [5, 5.41) is 0.446. The smallest absolute Gasteiger partial charge is 0.372 e. The number of carbonyl (C=O) groups is 1. The van der Waals surface area contributed by atoms with Gasteiger partial charge in [-0.05, 0) is 19.1 Å². The van der Waals surface area contributed by atoms with Crippen LogP contribution < -0.4 is 16.4 Å². The van der Waals surface area contributed by atoms with Gasteiger partial charge in [-0.2, -0.15) is 13.2 Å². The van der Waals surface area contributed by atoms with Gasteiger partial charge in [-0.3, -0.25) is 25.0 Å². The zero-order valence-electron chi connectivity index (χ0n) is 13.4. The van der Waals surface area contributed by atoms with Gasteiger partial charge in [0.1, 0.15) is 6.61 Å². The molecule has 25 heavy (non-hydrogen) atoms. The van der Waals surface area contributed by atoms with Gasteiger partial charge in [-0.15, -0.1) is 0 Å². The van der Waals surface area contributed by atoms with Gasteiger partial charge >= 0.3 is 6.18 Å². The Hall–Kier alpha value is -2.62. The summed E-state index contributed by atoms with van der Waals surface area (Å²) in [5.41, 5.74) is 5.01. The third-order valence-corrected chi connectivity index (χ3v) is 3.23. The van der Waals surface area contributed by atoms with E-state index in [9.17, 15) is 22.8 Å². The van der Waals surface area contributed by atoms with Crippen molar-refractivity contribution >= 4 is 22.8 Å². The number of ether oxygens (including phenoxy) is 1. The molecule has 2 aromatic rings. The van der Waals surface area contributed by atoms with Crippen molar-refractivity contribution in [3.05, 3.63) is 34.6 Å². The summed E-state index contributed by atoms with van der Waals surface area (Å²) in [4.78, 5) is 28.3. The summed E-state index contributed by atoms with van der Waals surface area (Å²) in [6, 6.07) is 6.76. The molecule has 1 heterocycles. The Bertz CT molecular complexity index is 805. The van der Waals surface area contributed by atoms with Gasteiger partial charge in [0.2, 0.25) is 11.9 Å². The number of nitrogens with one attached hydrogen (secondary N) is 2. The molecular formula is C15H17F3N4O3. The number of halogens is 3. The van der Waals surface area contributed by atoms with Crippen LogP contribution in [0.5, 0.6) is 0 Å². The molecule has 1 amide bonds. The fourth-order valence-corrected chi connectivity index (χ4v) is 2.10. The molecule has 0 saturated carbocycles. The molecule has 0 bridgehead atoms. The molecule has 0 radical (unpaired) electrons. The second kappa shape index (κ2) is 7.97. The van der Waals surface area contributed by atoms with Crippen LogP contribution in [0.3, 0.4) is 0 Å². The van der Waals surface area contributed by atoms with Gasteiger partial charge in [-0.25, -0.2) is 4.98 Å². The minimum atomic E-state index is -4.43. The predicted molar refractivity (Wildman–Crippen MR) is 84.9 cm³/mol. The number of fused-ring (bicyclic) bond motifs is 1. The van der Waals surface area contributed by atoms with Crippen molar-refractivity contribution in [2.75, 3.05) is 18.6 Å². The quantitative estimate of drug-likeness (QED) is 0.583. The molecule has 0 aliphatic heterocycles. The Morgan fingerprint density at radius 3 is 2.72 bits per heavy atom. The summed E-state index contributed by atoms with van der Waals surface area (Å²) in [5.74, 6) is -0.456. The monoisotopic (exact) mass is 358 g/mol. The number of amides is 1. The fraction of sp³-hybridized carbons (Fsp3) is 0.400. The van der Waals surface area contributed by atoms with Crippen LogP contribution in [0, 0.1) is 0 Å². The van der Waals surface area contributed by atoms with Crippen molar-refractivity contribution in [2.24, 2.45) is 0 Å². The number of alkyl halides is 3. The molecule has 0 aliphatic rings. The summed E-state index contributed by atoms with van der Waals surface area (Å²) in [7, 11) is 0. The zero-order chi connectivity index (χ0) is 18.4. The van der Waals surface area contributed by atoms with E-state index in [1.54, 1.807) is 31.2 Å². The number of hydrazine groups is 1. The molecule has 0 fully saturated rings. The molecule has 7 nitrogen and oxygen atoms in total. The van der Waals surface area contributed by atoms with E-state index in [0.717, 1.165) is 0 Å². The first-order valence-corrected chi connectivity index (χ1v) is 7.50. The van der Waals surface area contributed by atoms with Crippen molar-refractivity contribution in [1.29, 1.82) is 0 Å². The molecule has 0 atom stereocenters. The minimum Gasteiger partial charge on any atom is -0.372 e. The first-order valence-electron chi connectivity index (χ1n) is 7.50. The molecule has 0 saturated heterocycles. The van der Waals surface area contributed by atoms with Crippen LogP contribution in [0.2, 0.25) is 0 Å². The van der Waals surface area contributed by atoms with Gasteiger partial charge in [0.25, 0.3) is 5.56 Å². The molecule has 2 N–H and O–H groups in total. The Kier molecular flexibility index (Phi) is 5.97. The predicted octanol–water partition coefficient (Wildman–Crippen LogP) is 1.83. The highest BCUT2D eigenvalue weighted by Gasteiger charge is 2.27. The maximum Gasteiger partial charge on any atom is 0.411 e. The first-order chi connectivity index (χ1) is 11.8. The van der Waals surface area contributed by atoms with Crippen LogP contribution >= 0.6 is 0 Å². The van der Waals surface area contributed by atoms with Crippen molar-refractivity contribution < 1.29 is 22.7 Å². The number of hydrogen-bond acceptors (Lipinski definition) is 5. The molecule has 1 aromatic heterocycles. The average molecular weight is 358 g/mol. The van der Waals surface area contributed by atoms with Crippen molar-refractivity contribution in [1.82, 2.24) is 15.0 Å². The largest absolute Gasteiger partial charge is 0.411 e. The Morgan fingerprint density at radius 2 is 2.04 bits per heavy atom. The van der Waals surface area contributed by atoms with E-state index in [1.165, 1.54) is 4.57 Å². The molecular weight excluding hydrogens is 341 g/mol. The molecule has 10 heteroatoms. The van der Waals surface area contributed by atoms with Gasteiger partial charge in [0.05, 0.1) is 23.9 Å². The maximum atomic E-state index is 12.4. The standard InChI is InChI=1S/C15H17F3N4O3/c1-2-22-13(24)10-5-3-4-6-11(10)19-14(22)21-20-12(23)7-8-25-9-15(16,17)18/h3-6H,2,7-9H2,1H3,(H,19,21)(H,20,23). The number of nitrogens with zero attached hydrogens (tertiary/aromatic N) is 2. The molecule has 0 unspecified atom stereocenters. The fourth-order valence-electron chi connectivity index (χ4n) is 2.10. The van der Waals surface area contributed by atoms with E-state index in [0.29, 0.717) is 17.4 Å². The normalized spacial score (nSPS) is 11.5. The SMILES string of the molecule is CCn1c(NNC(=O)CCOCC(F)(F)F)nc2ccccc2c1=O. The van der Waals surface area contributed by atoms with Crippen molar-refractivity contribution in [2.45, 2.75) is 26.1 Å². The van der Waals surface area contributed by atoms with E-state index in [4.69, 9.17) is 0 Å². The lowest BCUT2D eigenvalue weighted by Gasteiger charge is -2.14. The topological polar surface area (TPSA) is 85.2 Å². The number of carbonyl (C=O) groups excluding carboxylic acids is 1. The summed E-state index contributed by atoms with van der Waals surface area (Å²) in [6.45, 7) is 0.285. The zero-order valence-corrected chi connectivity index (χ0v) is 13.4. The number of aromatic nitrogens is 2. The van der Waals surface area contributed by atoms with Crippen LogP contribution in [0.1, 0.15) is 13.3 Å². The Labute approximate surface area is 140 Å². The van der Waals surface area contributed by atoms with E-state index in [2.05, 4.69) is 20.6 Å². The summed E-state index contributed by atoms with van der Waals surface area (Å²) >= 11 is 0. The number of anilines is 1. The molecule has 2 rings (SSSR count). The molecule has 1 aromatic carbocycles. The highest BCUT2D eigenvalue weighted by Crippen LogP contribution is 2.14.